The maximum absolute atomic E-state index is 13.8. The van der Waals surface area contributed by atoms with E-state index in [1.54, 1.807) is 30.0 Å². The number of piperidine rings is 1. The second-order valence-electron chi connectivity index (χ2n) is 6.53. The fourth-order valence-corrected chi connectivity index (χ4v) is 3.64. The van der Waals surface area contributed by atoms with Crippen LogP contribution in [0.5, 0.6) is 0 Å². The number of rotatable bonds is 0. The molecule has 1 saturated heterocycles. The summed E-state index contributed by atoms with van der Waals surface area (Å²) in [7, 11) is 3.40. The summed E-state index contributed by atoms with van der Waals surface area (Å²) in [6.45, 7) is 1.56. The zero-order valence-corrected chi connectivity index (χ0v) is 13.4. The zero-order chi connectivity index (χ0) is 16.8. The first-order valence-corrected chi connectivity index (χ1v) is 7.67. The van der Waals surface area contributed by atoms with Gasteiger partial charge in [-0.2, -0.15) is 0 Å². The number of urea groups is 2. The molecule has 0 aliphatic carbocycles. The minimum atomic E-state index is -0.432. The van der Waals surface area contributed by atoms with E-state index in [-0.39, 0.29) is 17.3 Å². The molecule has 1 aromatic carbocycles. The molecule has 0 bridgehead atoms. The molecule has 4 amide bonds. The lowest BCUT2D eigenvalue weighted by Crippen LogP contribution is -2.50. The molecule has 0 saturated carbocycles. The van der Waals surface area contributed by atoms with Crippen LogP contribution in [0.1, 0.15) is 18.4 Å². The van der Waals surface area contributed by atoms with Gasteiger partial charge >= 0.3 is 12.1 Å². The summed E-state index contributed by atoms with van der Waals surface area (Å²) < 4.78 is 13.8. The third kappa shape index (κ3) is 2.50. The van der Waals surface area contributed by atoms with E-state index in [2.05, 4.69) is 0 Å². The Bertz CT molecular complexity index is 653. The Morgan fingerprint density at radius 2 is 1.91 bits per heavy atom. The highest BCUT2D eigenvalue weighted by Gasteiger charge is 2.47. The average Bonchev–Trinajstić information content (AvgIpc) is 2.81. The number of primary amides is 1. The Morgan fingerprint density at radius 1 is 1.26 bits per heavy atom. The van der Waals surface area contributed by atoms with E-state index < -0.39 is 6.03 Å². The molecule has 124 valence electrons. The van der Waals surface area contributed by atoms with Crippen LogP contribution >= 0.6 is 0 Å². The number of anilines is 1. The fraction of sp³-hybridized carbons (Fsp3) is 0.500. The van der Waals surface area contributed by atoms with Crippen molar-refractivity contribution in [2.24, 2.45) is 5.73 Å². The first-order chi connectivity index (χ1) is 10.8. The summed E-state index contributed by atoms with van der Waals surface area (Å²) in [4.78, 5) is 28.6. The molecule has 0 atom stereocenters. The van der Waals surface area contributed by atoms with Gasteiger partial charge in [0, 0.05) is 44.8 Å². The van der Waals surface area contributed by atoms with Gasteiger partial charge in [0.25, 0.3) is 0 Å². The van der Waals surface area contributed by atoms with Crippen LogP contribution in [0.15, 0.2) is 18.2 Å². The second-order valence-corrected chi connectivity index (χ2v) is 6.53. The van der Waals surface area contributed by atoms with Gasteiger partial charge in [-0.1, -0.05) is 0 Å². The molecule has 1 spiro atoms. The molecule has 3 rings (SSSR count). The minimum Gasteiger partial charge on any atom is -0.351 e. The lowest BCUT2D eigenvalue weighted by Gasteiger charge is -2.39. The lowest BCUT2D eigenvalue weighted by molar-refractivity contribution is 0.168. The summed E-state index contributed by atoms with van der Waals surface area (Å²) in [5.41, 5.74) is 6.65. The van der Waals surface area contributed by atoms with Crippen molar-refractivity contribution in [1.29, 1.82) is 0 Å². The SMILES string of the molecule is CN(C)C(=O)N1CC2(CCN(C(N)=O)CC2)c2cc(F)ccc21. The van der Waals surface area contributed by atoms with Gasteiger partial charge in [-0.25, -0.2) is 14.0 Å². The Labute approximate surface area is 134 Å². The van der Waals surface area contributed by atoms with E-state index in [4.69, 9.17) is 5.73 Å². The highest BCUT2D eigenvalue weighted by molar-refractivity contribution is 5.95. The summed E-state index contributed by atoms with van der Waals surface area (Å²) in [5.74, 6) is -0.306. The molecular weight excluding hydrogens is 299 g/mol. The van der Waals surface area contributed by atoms with Crippen LogP contribution in [0.2, 0.25) is 0 Å². The third-order valence-electron chi connectivity index (χ3n) is 4.93. The van der Waals surface area contributed by atoms with Crippen LogP contribution in [-0.4, -0.2) is 55.6 Å². The van der Waals surface area contributed by atoms with Crippen molar-refractivity contribution in [3.63, 3.8) is 0 Å². The van der Waals surface area contributed by atoms with Gasteiger partial charge in [0.15, 0.2) is 0 Å². The smallest absolute Gasteiger partial charge is 0.323 e. The molecule has 1 aromatic rings. The van der Waals surface area contributed by atoms with Gasteiger partial charge in [0.2, 0.25) is 0 Å². The van der Waals surface area contributed by atoms with Crippen molar-refractivity contribution in [3.05, 3.63) is 29.6 Å². The molecule has 0 aromatic heterocycles. The van der Waals surface area contributed by atoms with Crippen molar-refractivity contribution in [2.45, 2.75) is 18.3 Å². The number of carbonyl (C=O) groups excluding carboxylic acids is 2. The van der Waals surface area contributed by atoms with Crippen LogP contribution in [0, 0.1) is 5.82 Å². The van der Waals surface area contributed by atoms with Crippen LogP contribution in [0.25, 0.3) is 0 Å². The first-order valence-electron chi connectivity index (χ1n) is 7.67. The van der Waals surface area contributed by atoms with E-state index in [1.165, 1.54) is 17.0 Å². The molecule has 2 N–H and O–H groups in total. The fourth-order valence-electron chi connectivity index (χ4n) is 3.64. The van der Waals surface area contributed by atoms with Gasteiger partial charge in [-0.05, 0) is 36.6 Å². The molecule has 6 nitrogen and oxygen atoms in total. The Hall–Kier alpha value is -2.31. The molecule has 2 aliphatic heterocycles. The van der Waals surface area contributed by atoms with Gasteiger partial charge in [0.1, 0.15) is 5.82 Å². The van der Waals surface area contributed by atoms with E-state index in [0.29, 0.717) is 32.5 Å². The standard InChI is InChI=1S/C16H21FN4O2/c1-19(2)15(23)21-10-16(5-7-20(8-6-16)14(18)22)12-9-11(17)3-4-13(12)21/h3-4,9H,5-8,10H2,1-2H3,(H2,18,22). The summed E-state index contributed by atoms with van der Waals surface area (Å²) in [6.07, 6.45) is 1.34. The normalized spacial score (nSPS) is 18.9. The van der Waals surface area contributed by atoms with E-state index in [9.17, 15) is 14.0 Å². The van der Waals surface area contributed by atoms with Crippen LogP contribution in [-0.2, 0) is 5.41 Å². The zero-order valence-electron chi connectivity index (χ0n) is 13.4. The average molecular weight is 320 g/mol. The molecule has 7 heteroatoms. The van der Waals surface area contributed by atoms with Gasteiger partial charge in [-0.15, -0.1) is 0 Å². The van der Waals surface area contributed by atoms with Gasteiger partial charge in [0.05, 0.1) is 0 Å². The molecular formula is C16H21FN4O2. The van der Waals surface area contributed by atoms with Crippen LogP contribution in [0.4, 0.5) is 19.7 Å². The molecule has 2 heterocycles. The van der Waals surface area contributed by atoms with Crippen molar-refractivity contribution in [3.8, 4) is 0 Å². The van der Waals surface area contributed by atoms with Crippen molar-refractivity contribution in [1.82, 2.24) is 9.80 Å². The molecule has 2 aliphatic rings. The minimum absolute atomic E-state index is 0.118. The topological polar surface area (TPSA) is 69.9 Å². The number of fused-ring (bicyclic) bond motifs is 2. The number of amides is 4. The van der Waals surface area contributed by atoms with Crippen molar-refractivity contribution in [2.75, 3.05) is 38.6 Å². The second kappa shape index (κ2) is 5.40. The number of likely N-dealkylation sites (tertiary alicyclic amines) is 1. The quantitative estimate of drug-likeness (QED) is 0.791. The summed E-state index contributed by atoms with van der Waals surface area (Å²) >= 11 is 0. The van der Waals surface area contributed by atoms with Crippen LogP contribution < -0.4 is 10.6 Å². The lowest BCUT2D eigenvalue weighted by atomic mass is 9.74. The van der Waals surface area contributed by atoms with E-state index in [0.717, 1.165) is 11.3 Å². The largest absolute Gasteiger partial charge is 0.351 e. The highest BCUT2D eigenvalue weighted by Crippen LogP contribution is 2.47. The number of nitrogens with zero attached hydrogens (tertiary/aromatic N) is 3. The van der Waals surface area contributed by atoms with Crippen molar-refractivity contribution >= 4 is 17.7 Å². The predicted octanol–water partition coefficient (Wildman–Crippen LogP) is 1.74. The Kier molecular flexibility index (Phi) is 3.66. The summed E-state index contributed by atoms with van der Waals surface area (Å²) in [6, 6.07) is 4.02. The third-order valence-corrected chi connectivity index (χ3v) is 4.93. The maximum Gasteiger partial charge on any atom is 0.323 e. The van der Waals surface area contributed by atoms with Gasteiger partial charge < -0.3 is 15.5 Å². The molecule has 23 heavy (non-hydrogen) atoms. The van der Waals surface area contributed by atoms with E-state index >= 15 is 0 Å². The number of hydrogen-bond donors (Lipinski definition) is 1. The monoisotopic (exact) mass is 320 g/mol. The number of nitrogens with two attached hydrogens (primary N) is 1. The van der Waals surface area contributed by atoms with Gasteiger partial charge in [-0.3, -0.25) is 4.90 Å². The molecule has 0 unspecified atom stereocenters. The van der Waals surface area contributed by atoms with Crippen LogP contribution in [0.3, 0.4) is 0 Å². The van der Waals surface area contributed by atoms with E-state index in [1.807, 2.05) is 0 Å². The number of carbonyl (C=O) groups is 2. The number of halogens is 1. The maximum atomic E-state index is 13.8. The Morgan fingerprint density at radius 3 is 2.48 bits per heavy atom. The van der Waals surface area contributed by atoms with Crippen molar-refractivity contribution < 1.29 is 14.0 Å². The first kappa shape index (κ1) is 15.6. The number of benzene rings is 1. The highest BCUT2D eigenvalue weighted by atomic mass is 19.1. The molecule has 1 fully saturated rings. The molecule has 0 radical (unpaired) electrons. The summed E-state index contributed by atoms with van der Waals surface area (Å²) in [5, 5.41) is 0. The Balaban J connectivity index is 1.96. The predicted molar refractivity (Wildman–Crippen MR) is 84.9 cm³/mol. The number of hydrogen-bond acceptors (Lipinski definition) is 2.